The largest absolute Gasteiger partial charge is 0.479 e. The molecule has 3 N–H and O–H groups in total. The fraction of sp³-hybridized carbons (Fsp3) is 0.400. The number of thiazole rings is 1. The number of alkyl halides is 1. The Hall–Kier alpha value is -3.23. The highest BCUT2D eigenvalue weighted by Crippen LogP contribution is 2.37. The summed E-state index contributed by atoms with van der Waals surface area (Å²) < 4.78 is 28.6. The van der Waals surface area contributed by atoms with Crippen molar-refractivity contribution in [3.8, 4) is 0 Å². The second-order valence-electron chi connectivity index (χ2n) is 9.07. The third kappa shape index (κ3) is 5.32. The molecule has 0 bridgehead atoms. The van der Waals surface area contributed by atoms with E-state index in [1.54, 1.807) is 29.6 Å². The minimum Gasteiger partial charge on any atom is -0.479 e. The van der Waals surface area contributed by atoms with Gasteiger partial charge < -0.3 is 25.0 Å². The molecule has 1 aliphatic rings. The molecule has 5 atom stereocenters. The van der Waals surface area contributed by atoms with Gasteiger partial charge in [-0.2, -0.15) is 9.97 Å². The van der Waals surface area contributed by atoms with Gasteiger partial charge in [0.25, 0.3) is 0 Å². The average molecular weight is 577 g/mol. The SMILES string of the molecule is CCCNc1nc(Cl)nc2c1ncn2[C@@H]1O[C@H](COC(Cc2ccccc2)(C(=O)O)c2cscn2)[C@@H](O)[C@@H]1F. The summed E-state index contributed by atoms with van der Waals surface area (Å²) in [6.45, 7) is 2.19. The molecule has 0 aliphatic carbocycles. The molecule has 5 rings (SSSR count). The number of aliphatic hydroxyl groups excluding tert-OH is 1. The van der Waals surface area contributed by atoms with Gasteiger partial charge in [0.05, 0.1) is 24.1 Å². The van der Waals surface area contributed by atoms with Crippen LogP contribution in [0.15, 0.2) is 47.5 Å². The normalized spacial score (nSPS) is 22.7. The molecule has 39 heavy (non-hydrogen) atoms. The summed E-state index contributed by atoms with van der Waals surface area (Å²) in [7, 11) is 0. The van der Waals surface area contributed by atoms with Gasteiger partial charge in [0.2, 0.25) is 10.9 Å². The van der Waals surface area contributed by atoms with Crippen LogP contribution in [0.3, 0.4) is 0 Å². The Morgan fingerprint density at radius 2 is 2.10 bits per heavy atom. The highest BCUT2D eigenvalue weighted by atomic mass is 35.5. The number of ether oxygens (including phenoxy) is 2. The van der Waals surface area contributed by atoms with Crippen LogP contribution in [0, 0.1) is 0 Å². The van der Waals surface area contributed by atoms with Gasteiger partial charge >= 0.3 is 5.97 Å². The second kappa shape index (κ2) is 11.5. The van der Waals surface area contributed by atoms with E-state index in [1.807, 2.05) is 13.0 Å². The van der Waals surface area contributed by atoms with Crippen molar-refractivity contribution in [2.75, 3.05) is 18.5 Å². The zero-order valence-corrected chi connectivity index (χ0v) is 22.3. The summed E-state index contributed by atoms with van der Waals surface area (Å²) >= 11 is 7.34. The predicted molar refractivity (Wildman–Crippen MR) is 141 cm³/mol. The van der Waals surface area contributed by atoms with E-state index in [2.05, 4.69) is 25.3 Å². The smallest absolute Gasteiger partial charge is 0.342 e. The number of nitrogens with zero attached hydrogens (tertiary/aromatic N) is 5. The molecule has 1 saturated heterocycles. The second-order valence-corrected chi connectivity index (χ2v) is 10.1. The molecular formula is C25H26ClFN6O5S. The van der Waals surface area contributed by atoms with Crippen molar-refractivity contribution < 1.29 is 28.9 Å². The third-order valence-electron chi connectivity index (χ3n) is 6.49. The molecule has 11 nitrogen and oxygen atoms in total. The highest BCUT2D eigenvalue weighted by molar-refractivity contribution is 7.07. The van der Waals surface area contributed by atoms with Crippen molar-refractivity contribution in [1.82, 2.24) is 24.5 Å². The predicted octanol–water partition coefficient (Wildman–Crippen LogP) is 3.59. The van der Waals surface area contributed by atoms with E-state index in [-0.39, 0.29) is 23.0 Å². The van der Waals surface area contributed by atoms with Crippen LogP contribution >= 0.6 is 22.9 Å². The van der Waals surface area contributed by atoms with E-state index < -0.39 is 42.8 Å². The maximum absolute atomic E-state index is 15.4. The number of anilines is 1. The summed E-state index contributed by atoms with van der Waals surface area (Å²) in [5.74, 6) is -0.869. The Morgan fingerprint density at radius 3 is 2.79 bits per heavy atom. The van der Waals surface area contributed by atoms with Crippen LogP contribution in [0.2, 0.25) is 5.28 Å². The maximum atomic E-state index is 15.4. The van der Waals surface area contributed by atoms with Gasteiger partial charge in [-0.1, -0.05) is 37.3 Å². The number of rotatable bonds is 11. The Balaban J connectivity index is 1.40. The first-order valence-corrected chi connectivity index (χ1v) is 13.6. The summed E-state index contributed by atoms with van der Waals surface area (Å²) in [4.78, 5) is 29.5. The minimum atomic E-state index is -1.88. The number of hydrogen-bond acceptors (Lipinski definition) is 10. The lowest BCUT2D eigenvalue weighted by Crippen LogP contribution is -2.44. The lowest BCUT2D eigenvalue weighted by atomic mass is 9.91. The molecule has 4 heterocycles. The van der Waals surface area contributed by atoms with Gasteiger partial charge in [-0.25, -0.2) is 19.2 Å². The van der Waals surface area contributed by atoms with Gasteiger partial charge in [0, 0.05) is 18.3 Å². The van der Waals surface area contributed by atoms with Crippen LogP contribution in [0.5, 0.6) is 0 Å². The number of carboxylic acids is 1. The summed E-state index contributed by atoms with van der Waals surface area (Å²) in [5, 5.41) is 25.7. The van der Waals surface area contributed by atoms with Crippen LogP contribution < -0.4 is 5.32 Å². The molecule has 0 radical (unpaired) electrons. The van der Waals surface area contributed by atoms with Gasteiger partial charge in [-0.15, -0.1) is 11.3 Å². The minimum absolute atomic E-state index is 0.0344. The van der Waals surface area contributed by atoms with Crippen LogP contribution in [-0.2, 0) is 26.3 Å². The fourth-order valence-electron chi connectivity index (χ4n) is 4.49. The summed E-state index contributed by atoms with van der Waals surface area (Å²) in [6, 6.07) is 8.96. The van der Waals surface area contributed by atoms with Crippen LogP contribution in [0.1, 0.15) is 30.8 Å². The van der Waals surface area contributed by atoms with Gasteiger partial charge in [0.15, 0.2) is 29.4 Å². The summed E-state index contributed by atoms with van der Waals surface area (Å²) in [6.07, 6.45) is -3.86. The van der Waals surface area contributed by atoms with Crippen molar-refractivity contribution in [1.29, 1.82) is 0 Å². The first-order chi connectivity index (χ1) is 18.8. The van der Waals surface area contributed by atoms with Crippen molar-refractivity contribution >= 4 is 45.9 Å². The first kappa shape index (κ1) is 27.3. The van der Waals surface area contributed by atoms with Crippen LogP contribution in [0.25, 0.3) is 11.2 Å². The Bertz CT molecular complexity index is 1430. The molecule has 14 heteroatoms. The van der Waals surface area contributed by atoms with Crippen molar-refractivity contribution in [3.63, 3.8) is 0 Å². The standard InChI is InChI=1S/C25H26ClFN6O5S/c1-2-8-28-20-18-21(32-24(26)31-20)33(12-29-18)22-17(27)19(34)15(38-22)10-37-25(23(35)36,16-11-39-13-30-16)9-14-6-4-3-5-7-14/h3-7,11-13,15,17,19,22,34H,2,8-10H2,1H3,(H,35,36)(H,28,31,32)/t15-,17+,19-,22-,25?/m1/s1. The Kier molecular flexibility index (Phi) is 8.05. The van der Waals surface area contributed by atoms with Crippen molar-refractivity contribution in [2.24, 2.45) is 0 Å². The summed E-state index contributed by atoms with van der Waals surface area (Å²) in [5.41, 5.74) is 1.13. The number of nitrogens with one attached hydrogen (secondary N) is 1. The molecule has 1 aliphatic heterocycles. The third-order valence-corrected chi connectivity index (χ3v) is 7.24. The number of fused-ring (bicyclic) bond motifs is 1. The first-order valence-electron chi connectivity index (χ1n) is 12.3. The maximum Gasteiger partial charge on any atom is 0.342 e. The monoisotopic (exact) mass is 576 g/mol. The van der Waals surface area contributed by atoms with Gasteiger partial charge in [-0.3, -0.25) is 4.57 Å². The fourth-order valence-corrected chi connectivity index (χ4v) is 5.27. The van der Waals surface area contributed by atoms with Gasteiger partial charge in [0.1, 0.15) is 12.2 Å². The zero-order valence-electron chi connectivity index (χ0n) is 20.8. The quantitative estimate of drug-likeness (QED) is 0.226. The Morgan fingerprint density at radius 1 is 1.31 bits per heavy atom. The van der Waals surface area contributed by atoms with Crippen molar-refractivity contribution in [2.45, 2.75) is 50.0 Å². The molecule has 1 aromatic carbocycles. The molecule has 0 saturated carbocycles. The number of hydrogen-bond donors (Lipinski definition) is 3. The number of carboxylic acid groups (broad SMARTS) is 1. The van der Waals surface area contributed by atoms with E-state index >= 15 is 4.39 Å². The van der Waals surface area contributed by atoms with E-state index in [0.29, 0.717) is 23.4 Å². The van der Waals surface area contributed by atoms with E-state index in [0.717, 1.165) is 6.42 Å². The zero-order chi connectivity index (χ0) is 27.6. The number of halogens is 2. The van der Waals surface area contributed by atoms with Crippen molar-refractivity contribution in [3.05, 3.63) is 64.1 Å². The molecule has 1 unspecified atom stereocenters. The molecule has 0 amide bonds. The number of aliphatic hydroxyl groups is 1. The lowest BCUT2D eigenvalue weighted by molar-refractivity contribution is -0.177. The topological polar surface area (TPSA) is 145 Å². The highest BCUT2D eigenvalue weighted by Gasteiger charge is 2.49. The van der Waals surface area contributed by atoms with E-state index in [4.69, 9.17) is 21.1 Å². The van der Waals surface area contributed by atoms with Crippen LogP contribution in [-0.4, -0.2) is 72.2 Å². The van der Waals surface area contributed by atoms with Gasteiger partial charge in [-0.05, 0) is 23.6 Å². The molecule has 4 aromatic rings. The average Bonchev–Trinajstić information content (AvgIpc) is 3.67. The number of carbonyl (C=O) groups is 1. The van der Waals surface area contributed by atoms with E-state index in [1.165, 1.54) is 27.7 Å². The molecular weight excluding hydrogens is 551 g/mol. The molecule has 206 valence electrons. The number of aliphatic carboxylic acids is 1. The van der Waals surface area contributed by atoms with Crippen LogP contribution in [0.4, 0.5) is 10.2 Å². The number of benzene rings is 1. The lowest BCUT2D eigenvalue weighted by Gasteiger charge is -2.30. The Labute approximate surface area is 231 Å². The molecule has 0 spiro atoms. The van der Waals surface area contributed by atoms with E-state index in [9.17, 15) is 15.0 Å². The number of imidazole rings is 1. The molecule has 1 fully saturated rings. The number of aromatic nitrogens is 5. The molecule has 3 aromatic heterocycles.